The summed E-state index contributed by atoms with van der Waals surface area (Å²) >= 11 is 0. The monoisotopic (exact) mass is 480 g/mol. The molecule has 1 saturated heterocycles. The number of carbonyl (C=O) groups excluding carboxylic acids is 1. The number of anilines is 1. The first-order valence-corrected chi connectivity index (χ1v) is 12.2. The third-order valence-corrected chi connectivity index (χ3v) is 6.83. The van der Waals surface area contributed by atoms with Gasteiger partial charge < -0.3 is 9.80 Å². The Balaban J connectivity index is 1.13. The molecule has 0 saturated carbocycles. The van der Waals surface area contributed by atoms with Gasteiger partial charge in [-0.2, -0.15) is 15.3 Å². The van der Waals surface area contributed by atoms with Crippen molar-refractivity contribution in [1.29, 1.82) is 0 Å². The lowest BCUT2D eigenvalue weighted by atomic mass is 10.0. The van der Waals surface area contributed by atoms with Crippen molar-refractivity contribution >= 4 is 22.4 Å². The third kappa shape index (κ3) is 4.52. The van der Waals surface area contributed by atoms with E-state index >= 15 is 0 Å². The second-order valence-electron chi connectivity index (χ2n) is 9.43. The van der Waals surface area contributed by atoms with E-state index in [0.717, 1.165) is 53.8 Å². The van der Waals surface area contributed by atoms with Crippen molar-refractivity contribution in [2.75, 3.05) is 38.1 Å². The zero-order valence-electron chi connectivity index (χ0n) is 20.2. The number of aromatic amines is 2. The minimum absolute atomic E-state index is 0.0334. The van der Waals surface area contributed by atoms with Crippen LogP contribution in [-0.2, 0) is 13.0 Å². The summed E-state index contributed by atoms with van der Waals surface area (Å²) in [7, 11) is 2.17. The summed E-state index contributed by atoms with van der Waals surface area (Å²) in [6.07, 6.45) is 7.58. The van der Waals surface area contributed by atoms with Crippen LogP contribution in [0.4, 0.5) is 5.69 Å². The maximum absolute atomic E-state index is 13.1. The predicted molar refractivity (Wildman–Crippen MR) is 139 cm³/mol. The highest BCUT2D eigenvalue weighted by Crippen LogP contribution is 2.25. The van der Waals surface area contributed by atoms with Gasteiger partial charge in [-0.25, -0.2) is 0 Å². The van der Waals surface area contributed by atoms with Crippen molar-refractivity contribution < 1.29 is 4.79 Å². The van der Waals surface area contributed by atoms with Gasteiger partial charge in [-0.15, -0.1) is 0 Å². The molecule has 1 fully saturated rings. The summed E-state index contributed by atoms with van der Waals surface area (Å²) < 4.78 is 1.89. The van der Waals surface area contributed by atoms with Gasteiger partial charge in [-0.05, 0) is 48.0 Å². The zero-order chi connectivity index (χ0) is 24.5. The van der Waals surface area contributed by atoms with Crippen LogP contribution in [0.1, 0.15) is 21.6 Å². The van der Waals surface area contributed by atoms with E-state index in [1.807, 2.05) is 35.3 Å². The number of likely N-dealkylation sites (N-methyl/N-ethyl adjacent to an activating group) is 1. The highest BCUT2D eigenvalue weighted by molar-refractivity contribution is 6.07. The maximum Gasteiger partial charge on any atom is 0.188 e. The van der Waals surface area contributed by atoms with Gasteiger partial charge in [-0.3, -0.25) is 19.7 Å². The lowest BCUT2D eigenvalue weighted by Gasteiger charge is -2.34. The van der Waals surface area contributed by atoms with E-state index in [9.17, 15) is 4.79 Å². The third-order valence-electron chi connectivity index (χ3n) is 6.83. The van der Waals surface area contributed by atoms with Gasteiger partial charge in [0.1, 0.15) is 5.69 Å². The average Bonchev–Trinajstić information content (AvgIpc) is 3.66. The molecule has 1 aliphatic heterocycles. The molecule has 36 heavy (non-hydrogen) atoms. The van der Waals surface area contributed by atoms with E-state index in [0.29, 0.717) is 12.2 Å². The van der Waals surface area contributed by atoms with Crippen molar-refractivity contribution in [3.63, 3.8) is 0 Å². The number of carbonyl (C=O) groups is 1. The molecule has 182 valence electrons. The number of hydrogen-bond acceptors (Lipinski definition) is 6. The Morgan fingerprint density at radius 2 is 1.89 bits per heavy atom. The van der Waals surface area contributed by atoms with E-state index in [1.54, 1.807) is 12.4 Å². The van der Waals surface area contributed by atoms with Crippen LogP contribution in [0.15, 0.2) is 67.3 Å². The van der Waals surface area contributed by atoms with Crippen LogP contribution in [0.5, 0.6) is 0 Å². The highest BCUT2D eigenvalue weighted by Gasteiger charge is 2.17. The fourth-order valence-electron chi connectivity index (χ4n) is 4.78. The van der Waals surface area contributed by atoms with Crippen LogP contribution in [-0.4, -0.2) is 74.1 Å². The van der Waals surface area contributed by atoms with Crippen LogP contribution >= 0.6 is 0 Å². The Hall–Kier alpha value is -4.24. The number of piperazine rings is 1. The minimum Gasteiger partial charge on any atom is -0.369 e. The molecule has 0 unspecified atom stereocenters. The number of hydrogen-bond donors (Lipinski definition) is 2. The first kappa shape index (κ1) is 22.2. The predicted octanol–water partition coefficient (Wildman–Crippen LogP) is 3.38. The number of rotatable bonds is 7. The van der Waals surface area contributed by atoms with Crippen LogP contribution < -0.4 is 4.90 Å². The summed E-state index contributed by atoms with van der Waals surface area (Å²) in [5, 5.41) is 19.5. The molecule has 0 aliphatic carbocycles. The lowest BCUT2D eigenvalue weighted by Crippen LogP contribution is -2.44. The first-order chi connectivity index (χ1) is 17.6. The van der Waals surface area contributed by atoms with Gasteiger partial charge >= 0.3 is 0 Å². The Morgan fingerprint density at radius 1 is 1.00 bits per heavy atom. The molecule has 0 amide bonds. The molecule has 2 aromatic carbocycles. The highest BCUT2D eigenvalue weighted by atomic mass is 16.1. The molecule has 1 aliphatic rings. The summed E-state index contributed by atoms with van der Waals surface area (Å²) in [6, 6.07) is 14.5. The standard InChI is InChI=1S/C27H28N8O/c1-33-7-9-34(10-8-33)23-4-2-3-19(11-23)17-35-18-20(14-30-35)12-26(36)27-24-6-5-21(13-25(24)31-32-27)22-15-28-29-16-22/h2-6,11,13-16,18H,7-10,12,17H2,1H3,(H,28,29)(H,31,32). The fourth-order valence-corrected chi connectivity index (χ4v) is 4.78. The quantitative estimate of drug-likeness (QED) is 0.347. The second kappa shape index (κ2) is 9.43. The van der Waals surface area contributed by atoms with Crippen LogP contribution in [0.25, 0.3) is 22.0 Å². The molecule has 3 aromatic heterocycles. The molecule has 2 N–H and O–H groups in total. The summed E-state index contributed by atoms with van der Waals surface area (Å²) in [4.78, 5) is 17.9. The topological polar surface area (TPSA) is 98.7 Å². The molecule has 0 atom stereocenters. The fraction of sp³-hybridized carbons (Fsp3) is 0.259. The molecular formula is C27H28N8O. The number of aromatic nitrogens is 6. The van der Waals surface area contributed by atoms with Crippen molar-refractivity contribution in [3.05, 3.63) is 84.1 Å². The largest absolute Gasteiger partial charge is 0.369 e. The molecular weight excluding hydrogens is 452 g/mol. The van der Waals surface area contributed by atoms with Gasteiger partial charge in [-0.1, -0.05) is 18.2 Å². The Kier molecular flexibility index (Phi) is 5.82. The summed E-state index contributed by atoms with van der Waals surface area (Å²) in [6.45, 7) is 4.91. The molecule has 0 radical (unpaired) electrons. The van der Waals surface area contributed by atoms with Gasteiger partial charge in [0, 0.05) is 61.6 Å². The number of H-pyrrole nitrogens is 2. The van der Waals surface area contributed by atoms with Gasteiger partial charge in [0.05, 0.1) is 24.5 Å². The van der Waals surface area contributed by atoms with Gasteiger partial charge in [0.2, 0.25) is 0 Å². The van der Waals surface area contributed by atoms with E-state index in [4.69, 9.17) is 0 Å². The van der Waals surface area contributed by atoms with E-state index < -0.39 is 0 Å². The van der Waals surface area contributed by atoms with Crippen LogP contribution in [0.2, 0.25) is 0 Å². The molecule has 9 nitrogen and oxygen atoms in total. The van der Waals surface area contributed by atoms with Crippen LogP contribution in [0.3, 0.4) is 0 Å². The zero-order valence-corrected chi connectivity index (χ0v) is 20.2. The van der Waals surface area contributed by atoms with E-state index in [-0.39, 0.29) is 12.2 Å². The van der Waals surface area contributed by atoms with E-state index in [1.165, 1.54) is 11.3 Å². The second-order valence-corrected chi connectivity index (χ2v) is 9.43. The maximum atomic E-state index is 13.1. The van der Waals surface area contributed by atoms with Gasteiger partial charge in [0.15, 0.2) is 5.78 Å². The molecule has 4 heterocycles. The summed E-state index contributed by atoms with van der Waals surface area (Å²) in [5.41, 5.74) is 6.60. The van der Waals surface area contributed by atoms with E-state index in [2.05, 4.69) is 66.6 Å². The smallest absolute Gasteiger partial charge is 0.188 e. The number of benzene rings is 2. The van der Waals surface area contributed by atoms with Gasteiger partial charge in [0.25, 0.3) is 0 Å². The average molecular weight is 481 g/mol. The molecule has 0 bridgehead atoms. The molecule has 5 aromatic rings. The Morgan fingerprint density at radius 3 is 2.72 bits per heavy atom. The van der Waals surface area contributed by atoms with Crippen molar-refractivity contribution in [2.24, 2.45) is 0 Å². The lowest BCUT2D eigenvalue weighted by molar-refractivity contribution is 0.0989. The number of nitrogens with one attached hydrogen (secondary N) is 2. The number of ketones is 1. The molecule has 6 rings (SSSR count). The number of nitrogens with zero attached hydrogens (tertiary/aromatic N) is 6. The van der Waals surface area contributed by atoms with Crippen LogP contribution in [0, 0.1) is 0 Å². The normalized spacial score (nSPS) is 14.5. The molecule has 0 spiro atoms. The SMILES string of the molecule is CN1CCN(c2cccc(Cn3cc(CC(=O)c4n[nH]c5cc(-c6cn[nH]c6)ccc45)cn3)c2)CC1. The molecule has 9 heteroatoms. The Bertz CT molecular complexity index is 1490. The van der Waals surface area contributed by atoms with Crippen molar-refractivity contribution in [2.45, 2.75) is 13.0 Å². The first-order valence-electron chi connectivity index (χ1n) is 12.2. The number of fused-ring (bicyclic) bond motifs is 1. The van der Waals surface area contributed by atoms with Crippen molar-refractivity contribution in [1.82, 2.24) is 35.1 Å². The Labute approximate surface area is 208 Å². The number of Topliss-reactive ketones (excluding diaryl/α,β-unsaturated/α-hetero) is 1. The van der Waals surface area contributed by atoms with Crippen molar-refractivity contribution in [3.8, 4) is 11.1 Å². The summed E-state index contributed by atoms with van der Waals surface area (Å²) in [5.74, 6) is -0.0334. The minimum atomic E-state index is -0.0334.